The molecule has 0 bridgehead atoms. The van der Waals surface area contributed by atoms with Crippen molar-refractivity contribution in [1.29, 1.82) is 0 Å². The normalized spacial score (nSPS) is 10.5. The van der Waals surface area contributed by atoms with Crippen LogP contribution in [0.1, 0.15) is 5.56 Å². The molecule has 0 radical (unpaired) electrons. The van der Waals surface area contributed by atoms with E-state index in [1.165, 1.54) is 0 Å². The van der Waals surface area contributed by atoms with Gasteiger partial charge in [0.05, 0.1) is 5.52 Å². The van der Waals surface area contributed by atoms with Crippen molar-refractivity contribution < 1.29 is 14.3 Å². The second-order valence-corrected chi connectivity index (χ2v) is 3.43. The first-order valence-electron chi connectivity index (χ1n) is 4.59. The number of hydrogen-bond donors (Lipinski definition) is 2. The number of aromatic nitrogens is 1. The van der Waals surface area contributed by atoms with E-state index in [9.17, 15) is 9.59 Å². The topological polar surface area (TPSA) is 83.3 Å². The Kier molecular flexibility index (Phi) is 2.36. The summed E-state index contributed by atoms with van der Waals surface area (Å²) in [6, 6.07) is 5.00. The second-order valence-electron chi connectivity index (χ2n) is 3.43. The molecule has 5 heteroatoms. The van der Waals surface area contributed by atoms with Crippen molar-refractivity contribution in [3.05, 3.63) is 46.5 Å². The minimum absolute atomic E-state index is 0.102. The van der Waals surface area contributed by atoms with E-state index >= 15 is 0 Å². The van der Waals surface area contributed by atoms with E-state index in [-0.39, 0.29) is 12.0 Å². The number of carboxylic acids is 1. The van der Waals surface area contributed by atoms with Gasteiger partial charge in [-0.15, -0.1) is 0 Å². The van der Waals surface area contributed by atoms with Crippen molar-refractivity contribution in [2.45, 2.75) is 6.42 Å². The largest absolute Gasteiger partial charge is 0.478 e. The Labute approximate surface area is 90.0 Å². The number of hydrogen-bond acceptors (Lipinski definition) is 3. The average Bonchev–Trinajstić information content (AvgIpc) is 2.57. The zero-order valence-corrected chi connectivity index (χ0v) is 8.32. The predicted octanol–water partition coefficient (Wildman–Crippen LogP) is 1.30. The maximum Gasteiger partial charge on any atom is 0.417 e. The fraction of sp³-hybridized carbons (Fsp3) is 0.0909. The van der Waals surface area contributed by atoms with Crippen molar-refractivity contribution in [1.82, 2.24) is 4.98 Å². The molecule has 16 heavy (non-hydrogen) atoms. The minimum Gasteiger partial charge on any atom is -0.478 e. The van der Waals surface area contributed by atoms with Gasteiger partial charge in [0.2, 0.25) is 0 Å². The maximum atomic E-state index is 10.9. The van der Waals surface area contributed by atoms with Gasteiger partial charge >= 0.3 is 11.7 Å². The Balaban J connectivity index is 2.36. The quantitative estimate of drug-likeness (QED) is 0.762. The van der Waals surface area contributed by atoms with Gasteiger partial charge in [-0.25, -0.2) is 9.59 Å². The molecule has 1 aromatic carbocycles. The Hall–Kier alpha value is -2.30. The number of aliphatic carboxylic acids is 1. The molecule has 0 aliphatic carbocycles. The van der Waals surface area contributed by atoms with Gasteiger partial charge in [0.15, 0.2) is 5.58 Å². The number of oxazole rings is 1. The Morgan fingerprint density at radius 2 is 2.25 bits per heavy atom. The minimum atomic E-state index is -1.03. The second kappa shape index (κ2) is 3.69. The first-order valence-corrected chi connectivity index (χ1v) is 4.59. The lowest BCUT2D eigenvalue weighted by Crippen LogP contribution is -2.02. The highest BCUT2D eigenvalue weighted by molar-refractivity contribution is 5.86. The summed E-state index contributed by atoms with van der Waals surface area (Å²) >= 11 is 0. The van der Waals surface area contributed by atoms with Gasteiger partial charge in [0.1, 0.15) is 0 Å². The van der Waals surface area contributed by atoms with Crippen LogP contribution >= 0.6 is 0 Å². The summed E-state index contributed by atoms with van der Waals surface area (Å²) < 4.78 is 4.83. The summed E-state index contributed by atoms with van der Waals surface area (Å²) in [5.74, 6) is -1.55. The fourth-order valence-corrected chi connectivity index (χ4v) is 1.43. The third-order valence-corrected chi connectivity index (χ3v) is 2.20. The first-order chi connectivity index (χ1) is 7.56. The van der Waals surface area contributed by atoms with E-state index in [1.807, 2.05) is 0 Å². The van der Waals surface area contributed by atoms with E-state index in [0.29, 0.717) is 11.1 Å². The smallest absolute Gasteiger partial charge is 0.417 e. The van der Waals surface area contributed by atoms with E-state index in [2.05, 4.69) is 11.6 Å². The van der Waals surface area contributed by atoms with E-state index in [4.69, 9.17) is 9.52 Å². The standard InChI is InChI=1S/C11H9NO4/c1-6(10(13)14)4-7-2-3-9-8(5-7)12-11(15)16-9/h2-3,5H,1,4H2,(H,12,15)(H,13,14). The summed E-state index contributed by atoms with van der Waals surface area (Å²) in [4.78, 5) is 24.0. The van der Waals surface area contributed by atoms with Crippen molar-refractivity contribution >= 4 is 17.1 Å². The molecule has 0 atom stereocenters. The van der Waals surface area contributed by atoms with E-state index in [0.717, 1.165) is 5.56 Å². The van der Waals surface area contributed by atoms with Crippen LogP contribution in [0.3, 0.4) is 0 Å². The predicted molar refractivity (Wildman–Crippen MR) is 57.3 cm³/mol. The van der Waals surface area contributed by atoms with Crippen LogP contribution in [0.5, 0.6) is 0 Å². The molecular formula is C11H9NO4. The Bertz CT molecular complexity index is 620. The summed E-state index contributed by atoms with van der Waals surface area (Å²) in [6.45, 7) is 3.44. The number of nitrogens with one attached hydrogen (secondary N) is 1. The number of carbonyl (C=O) groups is 1. The zero-order valence-electron chi connectivity index (χ0n) is 8.32. The Morgan fingerprint density at radius 3 is 2.94 bits per heavy atom. The Morgan fingerprint density at radius 1 is 1.50 bits per heavy atom. The molecule has 2 aromatic rings. The van der Waals surface area contributed by atoms with Crippen LogP contribution in [0, 0.1) is 0 Å². The number of benzene rings is 1. The molecule has 0 saturated carbocycles. The van der Waals surface area contributed by atoms with Crippen LogP contribution in [0.15, 0.2) is 39.6 Å². The van der Waals surface area contributed by atoms with Crippen LogP contribution in [-0.2, 0) is 11.2 Å². The molecule has 0 spiro atoms. The highest BCUT2D eigenvalue weighted by Crippen LogP contribution is 2.14. The van der Waals surface area contributed by atoms with E-state index in [1.54, 1.807) is 18.2 Å². The summed E-state index contributed by atoms with van der Waals surface area (Å²) in [5.41, 5.74) is 1.87. The van der Waals surface area contributed by atoms with Crippen LogP contribution in [0.25, 0.3) is 11.1 Å². The SMILES string of the molecule is C=C(Cc1ccc2oc(=O)[nH]c2c1)C(=O)O. The molecule has 0 fully saturated rings. The highest BCUT2D eigenvalue weighted by atomic mass is 16.4. The number of fused-ring (bicyclic) bond motifs is 1. The van der Waals surface area contributed by atoms with Crippen molar-refractivity contribution in [2.75, 3.05) is 0 Å². The average molecular weight is 219 g/mol. The van der Waals surface area contributed by atoms with Crippen molar-refractivity contribution in [2.24, 2.45) is 0 Å². The van der Waals surface area contributed by atoms with Gasteiger partial charge in [0, 0.05) is 12.0 Å². The zero-order chi connectivity index (χ0) is 11.7. The van der Waals surface area contributed by atoms with Crippen molar-refractivity contribution in [3.8, 4) is 0 Å². The molecule has 0 unspecified atom stereocenters. The van der Waals surface area contributed by atoms with Gasteiger partial charge in [0.25, 0.3) is 0 Å². The van der Waals surface area contributed by atoms with Crippen molar-refractivity contribution in [3.63, 3.8) is 0 Å². The molecule has 82 valence electrons. The third kappa shape index (κ3) is 1.88. The van der Waals surface area contributed by atoms with Gasteiger partial charge in [-0.2, -0.15) is 0 Å². The van der Waals surface area contributed by atoms with Crippen LogP contribution in [-0.4, -0.2) is 16.1 Å². The lowest BCUT2D eigenvalue weighted by atomic mass is 10.1. The molecule has 5 nitrogen and oxygen atoms in total. The summed E-state index contributed by atoms with van der Waals surface area (Å²) in [7, 11) is 0. The highest BCUT2D eigenvalue weighted by Gasteiger charge is 2.07. The number of H-pyrrole nitrogens is 1. The summed E-state index contributed by atoms with van der Waals surface area (Å²) in [6.07, 6.45) is 0.235. The molecule has 2 N–H and O–H groups in total. The number of carboxylic acid groups (broad SMARTS) is 1. The molecule has 1 aromatic heterocycles. The fourth-order valence-electron chi connectivity index (χ4n) is 1.43. The van der Waals surface area contributed by atoms with Crippen LogP contribution in [0.2, 0.25) is 0 Å². The maximum absolute atomic E-state index is 10.9. The lowest BCUT2D eigenvalue weighted by Gasteiger charge is -2.00. The van der Waals surface area contributed by atoms with Crippen LogP contribution in [0.4, 0.5) is 0 Å². The molecule has 2 rings (SSSR count). The van der Waals surface area contributed by atoms with Gasteiger partial charge < -0.3 is 9.52 Å². The van der Waals surface area contributed by atoms with Crippen LogP contribution < -0.4 is 5.76 Å². The van der Waals surface area contributed by atoms with Gasteiger partial charge in [-0.1, -0.05) is 12.6 Å². The number of rotatable bonds is 3. The summed E-state index contributed by atoms with van der Waals surface area (Å²) in [5, 5.41) is 8.68. The molecule has 0 saturated heterocycles. The number of aromatic amines is 1. The molecule has 0 aliphatic heterocycles. The van der Waals surface area contributed by atoms with E-state index < -0.39 is 11.7 Å². The first kappa shape index (κ1) is 10.2. The van der Waals surface area contributed by atoms with Gasteiger partial charge in [-0.05, 0) is 17.7 Å². The van der Waals surface area contributed by atoms with Gasteiger partial charge in [-0.3, -0.25) is 4.98 Å². The monoisotopic (exact) mass is 219 g/mol. The third-order valence-electron chi connectivity index (χ3n) is 2.20. The molecule has 0 amide bonds. The lowest BCUT2D eigenvalue weighted by molar-refractivity contribution is -0.132. The molecule has 1 heterocycles. The molecule has 0 aliphatic rings. The molecular weight excluding hydrogens is 210 g/mol.